The zero-order valence-corrected chi connectivity index (χ0v) is 11.3. The highest BCUT2D eigenvalue weighted by Crippen LogP contribution is 2.49. The maximum atomic E-state index is 12.8. The Balaban J connectivity index is 2.13. The van der Waals surface area contributed by atoms with Crippen molar-refractivity contribution in [1.82, 2.24) is 14.5 Å². The molecular formula is C10H15F3N4O2S. The van der Waals surface area contributed by atoms with Crippen molar-refractivity contribution in [3.05, 3.63) is 12.4 Å². The fourth-order valence-corrected chi connectivity index (χ4v) is 3.14. The minimum atomic E-state index is -4.59. The molecule has 0 saturated heterocycles. The van der Waals surface area contributed by atoms with Crippen LogP contribution in [-0.4, -0.2) is 36.5 Å². The molecule has 0 radical (unpaired) electrons. The van der Waals surface area contributed by atoms with Crippen molar-refractivity contribution in [2.45, 2.75) is 42.4 Å². The van der Waals surface area contributed by atoms with Crippen LogP contribution in [0.1, 0.15) is 19.3 Å². The normalized spacial score (nSPS) is 18.2. The molecular weight excluding hydrogens is 297 g/mol. The van der Waals surface area contributed by atoms with Gasteiger partial charge in [0.15, 0.2) is 0 Å². The molecule has 1 fully saturated rings. The Morgan fingerprint density at radius 3 is 2.60 bits per heavy atom. The van der Waals surface area contributed by atoms with Crippen LogP contribution in [0, 0.1) is 0 Å². The van der Waals surface area contributed by atoms with Gasteiger partial charge in [0.1, 0.15) is 10.4 Å². The molecule has 10 heteroatoms. The Hall–Kier alpha value is -1.13. The summed E-state index contributed by atoms with van der Waals surface area (Å²) >= 11 is 0. The van der Waals surface area contributed by atoms with Gasteiger partial charge < -0.3 is 5.73 Å². The molecule has 0 aliphatic heterocycles. The third-order valence-electron chi connectivity index (χ3n) is 3.13. The van der Waals surface area contributed by atoms with Crippen LogP contribution in [0.25, 0.3) is 0 Å². The molecule has 0 spiro atoms. The highest BCUT2D eigenvalue weighted by atomic mass is 32.2. The van der Waals surface area contributed by atoms with Crippen LogP contribution in [-0.2, 0) is 16.6 Å². The van der Waals surface area contributed by atoms with Crippen molar-refractivity contribution in [2.24, 2.45) is 5.73 Å². The van der Waals surface area contributed by atoms with E-state index in [1.54, 1.807) is 4.72 Å². The van der Waals surface area contributed by atoms with Crippen LogP contribution in [0.15, 0.2) is 17.3 Å². The van der Waals surface area contributed by atoms with Gasteiger partial charge in [0.25, 0.3) is 0 Å². The fourth-order valence-electron chi connectivity index (χ4n) is 1.74. The number of nitrogens with zero attached hydrogens (tertiary/aromatic N) is 2. The fraction of sp³-hybridized carbons (Fsp3) is 0.700. The van der Waals surface area contributed by atoms with E-state index in [1.165, 1.54) is 10.9 Å². The van der Waals surface area contributed by atoms with E-state index < -0.39 is 21.7 Å². The van der Waals surface area contributed by atoms with E-state index in [-0.39, 0.29) is 17.7 Å². The first-order valence-electron chi connectivity index (χ1n) is 6.03. The highest BCUT2D eigenvalue weighted by Gasteiger charge is 2.65. The maximum Gasteiger partial charge on any atom is 0.407 e. The van der Waals surface area contributed by atoms with Crippen molar-refractivity contribution < 1.29 is 21.6 Å². The van der Waals surface area contributed by atoms with Crippen LogP contribution in [0.2, 0.25) is 0 Å². The van der Waals surface area contributed by atoms with Gasteiger partial charge in [-0.2, -0.15) is 23.0 Å². The zero-order chi connectivity index (χ0) is 15.0. The first-order valence-corrected chi connectivity index (χ1v) is 7.52. The third kappa shape index (κ3) is 2.96. The summed E-state index contributed by atoms with van der Waals surface area (Å²) in [7, 11) is -4.23. The second-order valence-electron chi connectivity index (χ2n) is 4.77. The summed E-state index contributed by atoms with van der Waals surface area (Å²) < 4.78 is 65.2. The summed E-state index contributed by atoms with van der Waals surface area (Å²) in [6.45, 7) is 0.827. The Kier molecular flexibility index (Phi) is 3.82. The molecule has 114 valence electrons. The van der Waals surface area contributed by atoms with Crippen molar-refractivity contribution in [1.29, 1.82) is 0 Å². The topological polar surface area (TPSA) is 90.0 Å². The number of sulfonamides is 1. The van der Waals surface area contributed by atoms with E-state index in [4.69, 9.17) is 5.73 Å². The summed E-state index contributed by atoms with van der Waals surface area (Å²) in [6.07, 6.45) is -2.24. The molecule has 1 aromatic heterocycles. The summed E-state index contributed by atoms with van der Waals surface area (Å²) in [5.41, 5.74) is 3.00. The largest absolute Gasteiger partial charge is 0.407 e. The lowest BCUT2D eigenvalue weighted by Gasteiger charge is -2.19. The first kappa shape index (κ1) is 15.3. The van der Waals surface area contributed by atoms with Crippen molar-refractivity contribution >= 4 is 10.0 Å². The lowest BCUT2D eigenvalue weighted by Crippen LogP contribution is -2.47. The van der Waals surface area contributed by atoms with Crippen molar-refractivity contribution in [2.75, 3.05) is 6.54 Å². The van der Waals surface area contributed by atoms with Gasteiger partial charge >= 0.3 is 6.18 Å². The molecule has 1 aliphatic rings. The van der Waals surface area contributed by atoms with E-state index in [0.717, 1.165) is 6.20 Å². The van der Waals surface area contributed by atoms with Crippen LogP contribution >= 0.6 is 0 Å². The Bertz CT molecular complexity index is 578. The number of alkyl halides is 3. The predicted molar refractivity (Wildman–Crippen MR) is 64.2 cm³/mol. The Morgan fingerprint density at radius 1 is 1.45 bits per heavy atom. The molecule has 0 bridgehead atoms. The number of halogens is 3. The van der Waals surface area contributed by atoms with Crippen molar-refractivity contribution in [3.63, 3.8) is 0 Å². The summed E-state index contributed by atoms with van der Waals surface area (Å²) in [5.74, 6) is 0. The molecule has 0 unspecified atom stereocenters. The molecule has 0 aromatic carbocycles. The molecule has 1 aliphatic carbocycles. The number of hydrogen-bond acceptors (Lipinski definition) is 4. The average Bonchev–Trinajstić information content (AvgIpc) is 2.94. The number of aryl methyl sites for hydroxylation is 1. The van der Waals surface area contributed by atoms with Gasteiger partial charge in [-0.3, -0.25) is 4.68 Å². The predicted octanol–water partition coefficient (Wildman–Crippen LogP) is 0.605. The number of rotatable bonds is 6. The number of nitrogens with two attached hydrogens (primary N) is 1. The minimum Gasteiger partial charge on any atom is -0.330 e. The van der Waals surface area contributed by atoms with E-state index in [1.807, 2.05) is 0 Å². The van der Waals surface area contributed by atoms with Gasteiger partial charge in [-0.15, -0.1) is 0 Å². The van der Waals surface area contributed by atoms with Crippen LogP contribution in [0.5, 0.6) is 0 Å². The lowest BCUT2D eigenvalue weighted by atomic mass is 10.3. The number of aromatic nitrogens is 2. The second-order valence-corrected chi connectivity index (χ2v) is 6.45. The highest BCUT2D eigenvalue weighted by molar-refractivity contribution is 7.89. The average molecular weight is 312 g/mol. The van der Waals surface area contributed by atoms with Gasteiger partial charge in [-0.1, -0.05) is 0 Å². The summed E-state index contributed by atoms with van der Waals surface area (Å²) in [5, 5.41) is 3.79. The third-order valence-corrected chi connectivity index (χ3v) is 4.62. The van der Waals surface area contributed by atoms with E-state index in [0.29, 0.717) is 19.5 Å². The summed E-state index contributed by atoms with van der Waals surface area (Å²) in [4.78, 5) is -0.273. The molecule has 6 nitrogen and oxygen atoms in total. The lowest BCUT2D eigenvalue weighted by molar-refractivity contribution is -0.160. The molecule has 20 heavy (non-hydrogen) atoms. The van der Waals surface area contributed by atoms with Gasteiger partial charge in [0.2, 0.25) is 10.0 Å². The standard InChI is InChI=1S/C10H15F3N4O2S/c11-10(12,13)9(2-3-9)16-20(18,19)8-6-15-17(7-8)5-1-4-14/h6-7,16H,1-5,14H2. The van der Waals surface area contributed by atoms with Gasteiger partial charge in [0.05, 0.1) is 6.20 Å². The molecule has 1 aromatic rings. The van der Waals surface area contributed by atoms with E-state index in [2.05, 4.69) is 5.10 Å². The molecule has 0 atom stereocenters. The quantitative estimate of drug-likeness (QED) is 0.805. The SMILES string of the molecule is NCCCn1cc(S(=O)(=O)NC2(C(F)(F)F)CC2)cn1. The summed E-state index contributed by atoms with van der Waals surface area (Å²) in [6, 6.07) is 0. The van der Waals surface area contributed by atoms with E-state index >= 15 is 0 Å². The molecule has 0 amide bonds. The Labute approximate surface area is 114 Å². The van der Waals surface area contributed by atoms with Crippen LogP contribution in [0.4, 0.5) is 13.2 Å². The van der Waals surface area contributed by atoms with Gasteiger partial charge in [0, 0.05) is 12.7 Å². The first-order chi connectivity index (χ1) is 9.20. The van der Waals surface area contributed by atoms with Crippen LogP contribution < -0.4 is 10.5 Å². The monoisotopic (exact) mass is 312 g/mol. The van der Waals surface area contributed by atoms with Gasteiger partial charge in [-0.05, 0) is 25.8 Å². The second kappa shape index (κ2) is 5.01. The van der Waals surface area contributed by atoms with Crippen molar-refractivity contribution in [3.8, 4) is 0 Å². The molecule has 2 rings (SSSR count). The minimum absolute atomic E-state index is 0.239. The zero-order valence-electron chi connectivity index (χ0n) is 10.5. The molecule has 3 N–H and O–H groups in total. The smallest absolute Gasteiger partial charge is 0.330 e. The number of hydrogen-bond donors (Lipinski definition) is 2. The number of nitrogens with one attached hydrogen (secondary N) is 1. The molecule has 1 saturated carbocycles. The Morgan fingerprint density at radius 2 is 2.10 bits per heavy atom. The maximum absolute atomic E-state index is 12.8. The van der Waals surface area contributed by atoms with Crippen LogP contribution in [0.3, 0.4) is 0 Å². The molecule has 1 heterocycles. The van der Waals surface area contributed by atoms with E-state index in [9.17, 15) is 21.6 Å². The van der Waals surface area contributed by atoms with Gasteiger partial charge in [-0.25, -0.2) is 8.42 Å².